The number of benzene rings is 2. The van der Waals surface area contributed by atoms with E-state index in [4.69, 9.17) is 4.74 Å². The molecule has 2 aromatic rings. The maximum absolute atomic E-state index is 13.3. The van der Waals surface area contributed by atoms with Gasteiger partial charge in [0.1, 0.15) is 6.42 Å². The lowest BCUT2D eigenvalue weighted by molar-refractivity contribution is -0.915. The smallest absolute Gasteiger partial charge is 0.312 e. The van der Waals surface area contributed by atoms with Gasteiger partial charge >= 0.3 is 5.97 Å². The number of methoxy groups -OCH3 is 1. The van der Waals surface area contributed by atoms with E-state index >= 15 is 0 Å². The zero-order chi connectivity index (χ0) is 17.9. The second-order valence-electron chi connectivity index (χ2n) is 6.54. The first-order valence-corrected chi connectivity index (χ1v) is 10.2. The van der Waals surface area contributed by atoms with Gasteiger partial charge in [0.2, 0.25) is 15.2 Å². The van der Waals surface area contributed by atoms with Crippen molar-refractivity contribution < 1.29 is 22.8 Å². The fourth-order valence-corrected chi connectivity index (χ4v) is 5.45. The Morgan fingerprint density at radius 2 is 1.76 bits per heavy atom. The second-order valence-corrected chi connectivity index (χ2v) is 8.67. The van der Waals surface area contributed by atoms with Crippen molar-refractivity contribution in [2.24, 2.45) is 0 Å². The van der Waals surface area contributed by atoms with Gasteiger partial charge < -0.3 is 9.64 Å². The Labute approximate surface area is 148 Å². The molecule has 1 N–H and O–H groups in total. The number of ether oxygens (including phenoxy) is 1. The van der Waals surface area contributed by atoms with Crippen LogP contribution in [0.4, 0.5) is 0 Å². The SMILES string of the molecule is COC(=O)C[C@@H]([NH+]1CCCCC1)S(=O)(=O)c1ccc2ccccc2c1. The minimum atomic E-state index is -3.64. The number of nitrogens with one attached hydrogen (secondary N) is 1. The molecule has 0 aromatic heterocycles. The summed E-state index contributed by atoms with van der Waals surface area (Å²) in [7, 11) is -2.34. The first-order valence-electron chi connectivity index (χ1n) is 8.66. The highest BCUT2D eigenvalue weighted by Crippen LogP contribution is 2.22. The minimum absolute atomic E-state index is 0.110. The monoisotopic (exact) mass is 362 g/mol. The number of fused-ring (bicyclic) bond motifs is 1. The predicted molar refractivity (Wildman–Crippen MR) is 96.1 cm³/mol. The van der Waals surface area contributed by atoms with Crippen LogP contribution in [0.15, 0.2) is 47.4 Å². The van der Waals surface area contributed by atoms with Crippen LogP contribution in [0.5, 0.6) is 0 Å². The van der Waals surface area contributed by atoms with E-state index in [0.717, 1.165) is 48.0 Å². The minimum Gasteiger partial charge on any atom is -0.469 e. The summed E-state index contributed by atoms with van der Waals surface area (Å²) in [6.45, 7) is 1.54. The van der Waals surface area contributed by atoms with Crippen LogP contribution in [0.3, 0.4) is 0 Å². The second kappa shape index (κ2) is 7.54. The summed E-state index contributed by atoms with van der Waals surface area (Å²) in [4.78, 5) is 13.1. The van der Waals surface area contributed by atoms with E-state index in [2.05, 4.69) is 0 Å². The van der Waals surface area contributed by atoms with E-state index in [1.165, 1.54) is 7.11 Å². The van der Waals surface area contributed by atoms with E-state index in [0.29, 0.717) is 0 Å². The highest BCUT2D eigenvalue weighted by Gasteiger charge is 2.39. The van der Waals surface area contributed by atoms with Crippen molar-refractivity contribution >= 4 is 26.6 Å². The Morgan fingerprint density at radius 3 is 2.44 bits per heavy atom. The Kier molecular flexibility index (Phi) is 5.39. The molecule has 1 atom stereocenters. The fourth-order valence-electron chi connectivity index (χ4n) is 3.54. The molecule has 0 saturated carbocycles. The van der Waals surface area contributed by atoms with E-state index in [1.54, 1.807) is 12.1 Å². The van der Waals surface area contributed by atoms with Crippen molar-refractivity contribution in [3.8, 4) is 0 Å². The van der Waals surface area contributed by atoms with Crippen molar-refractivity contribution in [3.05, 3.63) is 42.5 Å². The molecule has 0 radical (unpaired) electrons. The van der Waals surface area contributed by atoms with Gasteiger partial charge in [0.05, 0.1) is 25.1 Å². The Morgan fingerprint density at radius 1 is 1.08 bits per heavy atom. The molecule has 1 aliphatic rings. The van der Waals surface area contributed by atoms with Crippen LogP contribution >= 0.6 is 0 Å². The number of quaternary nitrogens is 1. The molecule has 25 heavy (non-hydrogen) atoms. The number of esters is 1. The van der Waals surface area contributed by atoms with Crippen molar-refractivity contribution in [1.82, 2.24) is 0 Å². The average Bonchev–Trinajstić information content (AvgIpc) is 2.66. The largest absolute Gasteiger partial charge is 0.469 e. The van der Waals surface area contributed by atoms with Crippen LogP contribution in [0.1, 0.15) is 25.7 Å². The highest BCUT2D eigenvalue weighted by atomic mass is 32.2. The van der Waals surface area contributed by atoms with E-state index in [-0.39, 0.29) is 11.3 Å². The van der Waals surface area contributed by atoms with Gasteiger partial charge in [-0.15, -0.1) is 0 Å². The molecule has 3 rings (SSSR count). The lowest BCUT2D eigenvalue weighted by Gasteiger charge is -2.30. The average molecular weight is 362 g/mol. The number of hydrogen-bond donors (Lipinski definition) is 1. The van der Waals surface area contributed by atoms with Gasteiger partial charge in [-0.1, -0.05) is 30.3 Å². The van der Waals surface area contributed by atoms with Gasteiger partial charge in [-0.2, -0.15) is 0 Å². The summed E-state index contributed by atoms with van der Waals surface area (Å²) in [5.74, 6) is -0.479. The number of hydrogen-bond acceptors (Lipinski definition) is 4. The third-order valence-corrected chi connectivity index (χ3v) is 7.12. The molecule has 0 bridgehead atoms. The topological polar surface area (TPSA) is 64.9 Å². The van der Waals surface area contributed by atoms with Gasteiger partial charge in [-0.25, -0.2) is 8.42 Å². The molecule has 0 amide bonds. The number of piperidine rings is 1. The third kappa shape index (κ3) is 3.85. The third-order valence-electron chi connectivity index (χ3n) is 4.95. The lowest BCUT2D eigenvalue weighted by atomic mass is 10.1. The van der Waals surface area contributed by atoms with E-state index < -0.39 is 21.2 Å². The predicted octanol–water partition coefficient (Wildman–Crippen LogP) is 1.57. The van der Waals surface area contributed by atoms with Crippen molar-refractivity contribution in [2.75, 3.05) is 20.2 Å². The number of carbonyl (C=O) groups is 1. The van der Waals surface area contributed by atoms with Crippen molar-refractivity contribution in [1.29, 1.82) is 0 Å². The first kappa shape index (κ1) is 17.9. The van der Waals surface area contributed by atoms with Crippen molar-refractivity contribution in [3.63, 3.8) is 0 Å². The first-order chi connectivity index (χ1) is 12.0. The Bertz CT molecular complexity index is 857. The molecule has 1 fully saturated rings. The fraction of sp³-hybridized carbons (Fsp3) is 0.421. The van der Waals surface area contributed by atoms with Crippen molar-refractivity contribution in [2.45, 2.75) is 36.0 Å². The maximum Gasteiger partial charge on any atom is 0.312 e. The molecule has 6 heteroatoms. The summed E-state index contributed by atoms with van der Waals surface area (Å²) in [6, 6.07) is 12.8. The molecule has 1 aliphatic heterocycles. The van der Waals surface area contributed by atoms with Gasteiger partial charge in [-0.3, -0.25) is 4.79 Å². The van der Waals surface area contributed by atoms with E-state index in [1.807, 2.05) is 30.3 Å². The van der Waals surface area contributed by atoms with E-state index in [9.17, 15) is 13.2 Å². The molecule has 134 valence electrons. The summed E-state index contributed by atoms with van der Waals surface area (Å²) < 4.78 is 31.4. The molecule has 5 nitrogen and oxygen atoms in total. The number of likely N-dealkylation sites (tertiary alicyclic amines) is 1. The normalized spacial score (nSPS) is 17.3. The van der Waals surface area contributed by atoms with Gasteiger partial charge in [-0.05, 0) is 42.2 Å². The van der Waals surface area contributed by atoms with Crippen LogP contribution in [-0.2, 0) is 19.4 Å². The summed E-state index contributed by atoms with van der Waals surface area (Å²) in [5.41, 5.74) is 0. The Balaban J connectivity index is 1.99. The van der Waals surface area contributed by atoms with Crippen LogP contribution in [0.2, 0.25) is 0 Å². The summed E-state index contributed by atoms with van der Waals surface area (Å²) in [5, 5.41) is 1.09. The van der Waals surface area contributed by atoms with Crippen LogP contribution in [0.25, 0.3) is 10.8 Å². The zero-order valence-corrected chi connectivity index (χ0v) is 15.2. The highest BCUT2D eigenvalue weighted by molar-refractivity contribution is 7.91. The van der Waals surface area contributed by atoms with Gasteiger partial charge in [0.25, 0.3) is 0 Å². The van der Waals surface area contributed by atoms with Crippen LogP contribution < -0.4 is 4.90 Å². The molecule has 0 aliphatic carbocycles. The maximum atomic E-state index is 13.3. The summed E-state index contributed by atoms with van der Waals surface area (Å²) in [6.07, 6.45) is 2.98. The molecule has 0 spiro atoms. The number of carbonyl (C=O) groups excluding carboxylic acids is 1. The molecule has 0 unspecified atom stereocenters. The van der Waals surface area contributed by atoms with Gasteiger partial charge in [0.15, 0.2) is 0 Å². The molecule has 2 aromatic carbocycles. The quantitative estimate of drug-likeness (QED) is 0.820. The van der Waals surface area contributed by atoms with Crippen LogP contribution in [-0.4, -0.2) is 40.0 Å². The van der Waals surface area contributed by atoms with Crippen LogP contribution in [0, 0.1) is 0 Å². The summed E-state index contributed by atoms with van der Waals surface area (Å²) >= 11 is 0. The zero-order valence-electron chi connectivity index (χ0n) is 14.4. The Hall–Kier alpha value is -1.92. The lowest BCUT2D eigenvalue weighted by Crippen LogP contribution is -3.17. The standard InChI is InChI=1S/C19H23NO4S/c1-24-19(21)14-18(20-11-5-2-6-12-20)25(22,23)17-10-9-15-7-3-4-8-16(15)13-17/h3-4,7-10,13,18H,2,5-6,11-12,14H2,1H3/p+1/t18-/m0/s1. The molecular formula is C19H24NO4S+. The molecule has 1 heterocycles. The number of rotatable bonds is 5. The molecule has 1 saturated heterocycles. The van der Waals surface area contributed by atoms with Gasteiger partial charge in [0, 0.05) is 0 Å². The number of sulfone groups is 1. The molecular weight excluding hydrogens is 338 g/mol.